The van der Waals surface area contributed by atoms with Crippen LogP contribution in [0.3, 0.4) is 0 Å². The third kappa shape index (κ3) is 2.69. The number of rotatable bonds is 3. The van der Waals surface area contributed by atoms with E-state index in [1.807, 2.05) is 31.4 Å². The molecule has 0 saturated carbocycles. The van der Waals surface area contributed by atoms with Gasteiger partial charge in [0.2, 0.25) is 0 Å². The minimum atomic E-state index is -0.262. The molecule has 0 amide bonds. The zero-order valence-corrected chi connectivity index (χ0v) is 12.6. The van der Waals surface area contributed by atoms with Crippen molar-refractivity contribution in [2.75, 3.05) is 6.26 Å². The number of aromatic nitrogens is 3. The summed E-state index contributed by atoms with van der Waals surface area (Å²) in [6, 6.07) is 14.3. The molecule has 21 heavy (non-hydrogen) atoms. The molecule has 1 aromatic heterocycles. The maximum Gasteiger partial charge on any atom is 0.164 e. The lowest BCUT2D eigenvalue weighted by atomic mass is 10.2. The second-order valence-electron chi connectivity index (χ2n) is 4.57. The van der Waals surface area contributed by atoms with E-state index in [2.05, 4.69) is 16.1 Å². The van der Waals surface area contributed by atoms with Crippen LogP contribution in [-0.4, -0.2) is 21.0 Å². The first-order valence-corrected chi connectivity index (χ1v) is 7.74. The van der Waals surface area contributed by atoms with Crippen LogP contribution in [0, 0.1) is 12.7 Å². The molecule has 0 aliphatic rings. The first-order valence-electron chi connectivity index (χ1n) is 6.52. The van der Waals surface area contributed by atoms with Gasteiger partial charge in [-0.3, -0.25) is 0 Å². The normalized spacial score (nSPS) is 10.8. The number of nitrogens with zero attached hydrogens (tertiary/aromatic N) is 3. The minimum Gasteiger partial charge on any atom is -0.213 e. The molecule has 0 fully saturated rings. The highest BCUT2D eigenvalue weighted by molar-refractivity contribution is 7.98. The van der Waals surface area contributed by atoms with Crippen LogP contribution in [0.5, 0.6) is 0 Å². The minimum absolute atomic E-state index is 0.262. The molecule has 0 N–H and O–H groups in total. The van der Waals surface area contributed by atoms with Crippen molar-refractivity contribution >= 4 is 11.8 Å². The Morgan fingerprint density at radius 1 is 1.05 bits per heavy atom. The fourth-order valence-electron chi connectivity index (χ4n) is 2.18. The van der Waals surface area contributed by atoms with Gasteiger partial charge in [0.25, 0.3) is 0 Å². The van der Waals surface area contributed by atoms with E-state index in [0.29, 0.717) is 5.82 Å². The summed E-state index contributed by atoms with van der Waals surface area (Å²) in [5.74, 6) is 1.19. The molecular formula is C16H14FN3S. The van der Waals surface area contributed by atoms with Gasteiger partial charge in [0, 0.05) is 10.5 Å². The van der Waals surface area contributed by atoms with Gasteiger partial charge in [0.1, 0.15) is 11.6 Å². The van der Waals surface area contributed by atoms with Crippen LogP contribution in [0.2, 0.25) is 0 Å². The van der Waals surface area contributed by atoms with Crippen molar-refractivity contribution in [2.45, 2.75) is 11.8 Å². The van der Waals surface area contributed by atoms with E-state index in [4.69, 9.17) is 0 Å². The molecule has 3 nitrogen and oxygen atoms in total. The van der Waals surface area contributed by atoms with Gasteiger partial charge in [-0.15, -0.1) is 11.8 Å². The Balaban J connectivity index is 2.18. The zero-order chi connectivity index (χ0) is 14.8. The van der Waals surface area contributed by atoms with Gasteiger partial charge >= 0.3 is 0 Å². The van der Waals surface area contributed by atoms with Crippen molar-refractivity contribution in [1.29, 1.82) is 0 Å². The highest BCUT2D eigenvalue weighted by atomic mass is 32.2. The number of halogens is 1. The van der Waals surface area contributed by atoms with Crippen LogP contribution >= 0.6 is 11.8 Å². The van der Waals surface area contributed by atoms with Crippen molar-refractivity contribution in [3.8, 4) is 17.1 Å². The maximum atomic E-state index is 13.1. The largest absolute Gasteiger partial charge is 0.213 e. The van der Waals surface area contributed by atoms with Gasteiger partial charge in [-0.2, -0.15) is 5.10 Å². The van der Waals surface area contributed by atoms with Crippen LogP contribution in [0.4, 0.5) is 4.39 Å². The summed E-state index contributed by atoms with van der Waals surface area (Å²) in [5.41, 5.74) is 1.82. The summed E-state index contributed by atoms with van der Waals surface area (Å²) < 4.78 is 14.9. The number of hydrogen-bond acceptors (Lipinski definition) is 3. The summed E-state index contributed by atoms with van der Waals surface area (Å²) in [4.78, 5) is 5.67. The molecule has 0 unspecified atom stereocenters. The van der Waals surface area contributed by atoms with E-state index in [-0.39, 0.29) is 5.82 Å². The summed E-state index contributed by atoms with van der Waals surface area (Å²) >= 11 is 1.66. The second-order valence-corrected chi connectivity index (χ2v) is 5.42. The van der Waals surface area contributed by atoms with Crippen LogP contribution in [0.25, 0.3) is 17.1 Å². The SMILES string of the molecule is CSc1ccccc1-c1nc(C)nn1-c1ccc(F)cc1. The standard InChI is InChI=1S/C16H14FN3S/c1-11-18-16(14-5-3-4-6-15(14)21-2)20(19-11)13-9-7-12(17)8-10-13/h3-10H,1-2H3. The average Bonchev–Trinajstić information content (AvgIpc) is 2.89. The second kappa shape index (κ2) is 5.69. The van der Waals surface area contributed by atoms with Gasteiger partial charge in [0.05, 0.1) is 5.69 Å². The molecule has 0 radical (unpaired) electrons. The third-order valence-electron chi connectivity index (χ3n) is 3.13. The lowest BCUT2D eigenvalue weighted by molar-refractivity contribution is 0.627. The van der Waals surface area contributed by atoms with Crippen LogP contribution in [0.1, 0.15) is 5.82 Å². The average molecular weight is 299 g/mol. The molecule has 3 aromatic rings. The Morgan fingerprint density at radius 2 is 1.76 bits per heavy atom. The van der Waals surface area contributed by atoms with Crippen molar-refractivity contribution in [3.05, 3.63) is 60.2 Å². The highest BCUT2D eigenvalue weighted by Gasteiger charge is 2.14. The van der Waals surface area contributed by atoms with E-state index in [9.17, 15) is 4.39 Å². The van der Waals surface area contributed by atoms with Crippen LogP contribution < -0.4 is 0 Å². The third-order valence-corrected chi connectivity index (χ3v) is 3.93. The smallest absolute Gasteiger partial charge is 0.164 e. The summed E-state index contributed by atoms with van der Waals surface area (Å²) in [5, 5.41) is 4.44. The molecule has 2 aromatic carbocycles. The first-order chi connectivity index (χ1) is 10.2. The fourth-order valence-corrected chi connectivity index (χ4v) is 2.77. The quantitative estimate of drug-likeness (QED) is 0.682. The number of benzene rings is 2. The maximum absolute atomic E-state index is 13.1. The van der Waals surface area contributed by atoms with Crippen molar-refractivity contribution in [2.24, 2.45) is 0 Å². The van der Waals surface area contributed by atoms with Crippen molar-refractivity contribution < 1.29 is 4.39 Å². The number of hydrogen-bond donors (Lipinski definition) is 0. The lowest BCUT2D eigenvalue weighted by Gasteiger charge is -2.09. The zero-order valence-electron chi connectivity index (χ0n) is 11.7. The van der Waals surface area contributed by atoms with Crippen LogP contribution in [-0.2, 0) is 0 Å². The first kappa shape index (κ1) is 13.8. The Hall–Kier alpha value is -2.14. The van der Waals surface area contributed by atoms with E-state index >= 15 is 0 Å². The molecule has 5 heteroatoms. The van der Waals surface area contributed by atoms with E-state index in [0.717, 1.165) is 22.0 Å². The van der Waals surface area contributed by atoms with E-state index in [1.165, 1.54) is 12.1 Å². The topological polar surface area (TPSA) is 30.7 Å². The molecule has 1 heterocycles. The molecular weight excluding hydrogens is 285 g/mol. The molecule has 0 spiro atoms. The lowest BCUT2D eigenvalue weighted by Crippen LogP contribution is -2.00. The monoisotopic (exact) mass is 299 g/mol. The van der Waals surface area contributed by atoms with E-state index < -0.39 is 0 Å². The fraction of sp³-hybridized carbons (Fsp3) is 0.125. The predicted molar refractivity (Wildman–Crippen MR) is 83.3 cm³/mol. The van der Waals surface area contributed by atoms with Crippen molar-refractivity contribution in [3.63, 3.8) is 0 Å². The molecule has 0 aliphatic carbocycles. The van der Waals surface area contributed by atoms with Crippen LogP contribution in [0.15, 0.2) is 53.4 Å². The Kier molecular flexibility index (Phi) is 3.75. The summed E-state index contributed by atoms with van der Waals surface area (Å²) in [7, 11) is 0. The van der Waals surface area contributed by atoms with Gasteiger partial charge in [-0.05, 0) is 43.5 Å². The van der Waals surface area contributed by atoms with Gasteiger partial charge < -0.3 is 0 Å². The van der Waals surface area contributed by atoms with Gasteiger partial charge in [0.15, 0.2) is 5.82 Å². The highest BCUT2D eigenvalue weighted by Crippen LogP contribution is 2.30. The van der Waals surface area contributed by atoms with Crippen molar-refractivity contribution in [1.82, 2.24) is 14.8 Å². The molecule has 0 saturated heterocycles. The Bertz CT molecular complexity index is 765. The van der Waals surface area contributed by atoms with Gasteiger partial charge in [-0.1, -0.05) is 18.2 Å². The van der Waals surface area contributed by atoms with E-state index in [1.54, 1.807) is 28.6 Å². The predicted octanol–water partition coefficient (Wildman–Crippen LogP) is 4.10. The molecule has 0 aliphatic heterocycles. The molecule has 106 valence electrons. The molecule has 0 atom stereocenters. The summed E-state index contributed by atoms with van der Waals surface area (Å²) in [6.07, 6.45) is 2.03. The molecule has 0 bridgehead atoms. The van der Waals surface area contributed by atoms with Gasteiger partial charge in [-0.25, -0.2) is 14.1 Å². The Morgan fingerprint density at radius 3 is 2.48 bits per heavy atom. The summed E-state index contributed by atoms with van der Waals surface area (Å²) in [6.45, 7) is 1.85. The molecule has 3 rings (SSSR count). The number of aryl methyl sites for hydroxylation is 1. The number of thioether (sulfide) groups is 1. The Labute approximate surface area is 126 Å².